The largest absolute Gasteiger partial charge is 0.328 e. The van der Waals surface area contributed by atoms with E-state index in [1.165, 1.54) is 17.1 Å². The van der Waals surface area contributed by atoms with Crippen LogP contribution in [-0.2, 0) is 6.54 Å². The summed E-state index contributed by atoms with van der Waals surface area (Å²) < 4.78 is 4.98. The molecule has 7 heteroatoms. The van der Waals surface area contributed by atoms with Crippen molar-refractivity contribution in [3.8, 4) is 11.1 Å². The highest BCUT2D eigenvalue weighted by Gasteiger charge is 2.29. The first kappa shape index (κ1) is 22.5. The van der Waals surface area contributed by atoms with Crippen molar-refractivity contribution < 1.29 is 0 Å². The molecule has 1 unspecified atom stereocenters. The summed E-state index contributed by atoms with van der Waals surface area (Å²) in [6.07, 6.45) is 4.49. The second kappa shape index (κ2) is 9.17. The third-order valence-electron chi connectivity index (χ3n) is 6.46. The van der Waals surface area contributed by atoms with Gasteiger partial charge >= 0.3 is 0 Å². The van der Waals surface area contributed by atoms with Crippen molar-refractivity contribution >= 4 is 47.2 Å². The summed E-state index contributed by atoms with van der Waals surface area (Å²) in [6.45, 7) is 7.67. The summed E-state index contributed by atoms with van der Waals surface area (Å²) in [7, 11) is 2.78. The summed E-state index contributed by atoms with van der Waals surface area (Å²) in [4.78, 5) is 28.8. The van der Waals surface area contributed by atoms with Crippen LogP contribution in [0.4, 0.5) is 0 Å². The predicted molar refractivity (Wildman–Crippen MR) is 143 cm³/mol. The Balaban J connectivity index is 1.58. The number of nitrogens with one attached hydrogen (secondary N) is 1. The van der Waals surface area contributed by atoms with Crippen molar-refractivity contribution in [1.82, 2.24) is 13.8 Å². The summed E-state index contributed by atoms with van der Waals surface area (Å²) in [5, 5.41) is 1.89. The third kappa shape index (κ3) is 4.21. The number of aromatic amines is 1. The van der Waals surface area contributed by atoms with Gasteiger partial charge in [0.1, 0.15) is 10.2 Å². The van der Waals surface area contributed by atoms with E-state index in [4.69, 9.17) is 0 Å². The van der Waals surface area contributed by atoms with Crippen LogP contribution in [0.15, 0.2) is 46.0 Å². The van der Waals surface area contributed by atoms with E-state index in [1.807, 2.05) is 6.07 Å². The summed E-state index contributed by atoms with van der Waals surface area (Å²) in [5.41, 5.74) is 4.04. The second-order valence-corrected chi connectivity index (χ2v) is 10.5. The van der Waals surface area contributed by atoms with E-state index in [9.17, 15) is 9.59 Å². The zero-order chi connectivity index (χ0) is 23.1. The standard InChI is InChI=1S/C26H30N3O2PS/c1-3-11-28(12-4-2)15-16-5-7-17(8-6-16)19-13-21-20(14-22(19)32)24(30)23-25(31)27-33-26(23)29(21)18-9-10-18/h5-8,13-14,18H,3-4,9-12,15,32H2,1-2H3,(H,27,31). The van der Waals surface area contributed by atoms with Gasteiger partial charge in [-0.3, -0.25) is 18.9 Å². The minimum absolute atomic E-state index is 0.170. The van der Waals surface area contributed by atoms with Gasteiger partial charge in [-0.05, 0) is 84.4 Å². The van der Waals surface area contributed by atoms with Crippen molar-refractivity contribution in [2.24, 2.45) is 0 Å². The van der Waals surface area contributed by atoms with Gasteiger partial charge in [0, 0.05) is 18.0 Å². The van der Waals surface area contributed by atoms with Gasteiger partial charge in [0.2, 0.25) is 5.43 Å². The van der Waals surface area contributed by atoms with Crippen LogP contribution in [0.1, 0.15) is 51.1 Å². The average molecular weight is 480 g/mol. The monoisotopic (exact) mass is 479 g/mol. The molecule has 33 heavy (non-hydrogen) atoms. The molecular weight excluding hydrogens is 449 g/mol. The Morgan fingerprint density at radius 2 is 1.79 bits per heavy atom. The quantitative estimate of drug-likeness (QED) is 0.361. The molecule has 0 spiro atoms. The lowest BCUT2D eigenvalue weighted by molar-refractivity contribution is 0.266. The Labute approximate surface area is 199 Å². The molecule has 2 heterocycles. The van der Waals surface area contributed by atoms with E-state index in [1.54, 1.807) is 0 Å². The van der Waals surface area contributed by atoms with Gasteiger partial charge in [0.25, 0.3) is 5.56 Å². The van der Waals surface area contributed by atoms with E-state index < -0.39 is 0 Å². The van der Waals surface area contributed by atoms with Crippen molar-refractivity contribution in [2.45, 2.75) is 52.1 Å². The van der Waals surface area contributed by atoms with Crippen molar-refractivity contribution in [2.75, 3.05) is 13.1 Å². The molecule has 0 amide bonds. The van der Waals surface area contributed by atoms with Crippen molar-refractivity contribution in [3.05, 3.63) is 62.5 Å². The fourth-order valence-corrected chi connectivity index (χ4v) is 6.13. The Morgan fingerprint density at radius 1 is 1.09 bits per heavy atom. The fraction of sp³-hybridized carbons (Fsp3) is 0.385. The lowest BCUT2D eigenvalue weighted by Crippen LogP contribution is -2.24. The van der Waals surface area contributed by atoms with Gasteiger partial charge < -0.3 is 4.57 Å². The third-order valence-corrected chi connectivity index (χ3v) is 7.82. The molecule has 5 rings (SSSR count). The Morgan fingerprint density at radius 3 is 2.42 bits per heavy atom. The van der Waals surface area contributed by atoms with Gasteiger partial charge in [0.15, 0.2) is 0 Å². The SMILES string of the molecule is CCCN(CCC)Cc1ccc(-c2cc3c(cc2P)c(=O)c2c(=O)[nH]sc2n3C2CC2)cc1. The maximum absolute atomic E-state index is 13.2. The van der Waals surface area contributed by atoms with E-state index in [0.29, 0.717) is 16.8 Å². The first-order chi connectivity index (χ1) is 16.0. The molecule has 5 nitrogen and oxygen atoms in total. The molecule has 0 saturated heterocycles. The van der Waals surface area contributed by atoms with Gasteiger partial charge in [-0.2, -0.15) is 0 Å². The zero-order valence-corrected chi connectivity index (χ0v) is 21.2. The molecule has 2 aromatic carbocycles. The molecule has 1 N–H and O–H groups in total. The molecule has 1 aliphatic rings. The molecule has 172 valence electrons. The highest BCUT2D eigenvalue weighted by molar-refractivity contribution is 7.28. The first-order valence-corrected chi connectivity index (χ1v) is 13.2. The smallest absolute Gasteiger partial charge is 0.271 e. The zero-order valence-electron chi connectivity index (χ0n) is 19.2. The minimum atomic E-state index is -0.276. The number of hydrogen-bond acceptors (Lipinski definition) is 4. The van der Waals surface area contributed by atoms with Gasteiger partial charge in [-0.15, -0.1) is 9.24 Å². The maximum Gasteiger partial charge on any atom is 0.271 e. The molecule has 1 saturated carbocycles. The number of H-pyrrole nitrogens is 1. The summed E-state index contributed by atoms with van der Waals surface area (Å²) >= 11 is 1.27. The van der Waals surface area contributed by atoms with E-state index in [0.717, 1.165) is 72.1 Å². The number of aromatic nitrogens is 2. The van der Waals surface area contributed by atoms with Crippen LogP contribution >= 0.6 is 20.8 Å². The molecule has 4 aromatic rings. The molecule has 0 radical (unpaired) electrons. The lowest BCUT2D eigenvalue weighted by atomic mass is 10.0. The fourth-order valence-electron chi connectivity index (χ4n) is 4.79. The number of benzene rings is 2. The van der Waals surface area contributed by atoms with Gasteiger partial charge in [-0.1, -0.05) is 38.1 Å². The maximum atomic E-state index is 13.2. The van der Waals surface area contributed by atoms with Crippen LogP contribution in [0.3, 0.4) is 0 Å². The van der Waals surface area contributed by atoms with Crippen LogP contribution in [0.25, 0.3) is 32.2 Å². The molecule has 1 fully saturated rings. The molecule has 1 aliphatic carbocycles. The topological polar surface area (TPSA) is 58.1 Å². The van der Waals surface area contributed by atoms with Crippen LogP contribution in [-0.4, -0.2) is 26.9 Å². The van der Waals surface area contributed by atoms with Gasteiger partial charge in [0.05, 0.1) is 5.52 Å². The highest BCUT2D eigenvalue weighted by Crippen LogP contribution is 2.40. The number of pyridine rings is 1. The lowest BCUT2D eigenvalue weighted by Gasteiger charge is -2.21. The first-order valence-electron chi connectivity index (χ1n) is 11.8. The normalized spacial score (nSPS) is 14.1. The summed E-state index contributed by atoms with van der Waals surface area (Å²) in [5.74, 6) is 0. The summed E-state index contributed by atoms with van der Waals surface area (Å²) in [6, 6.07) is 13.2. The molecule has 2 aromatic heterocycles. The van der Waals surface area contributed by atoms with E-state index >= 15 is 0 Å². The number of rotatable bonds is 8. The molecule has 0 bridgehead atoms. The molecule has 0 aliphatic heterocycles. The van der Waals surface area contributed by atoms with Crippen LogP contribution in [0.5, 0.6) is 0 Å². The molecular formula is C26H30N3O2PS. The van der Waals surface area contributed by atoms with Crippen molar-refractivity contribution in [3.63, 3.8) is 0 Å². The number of fused-ring (bicyclic) bond motifs is 2. The van der Waals surface area contributed by atoms with Crippen LogP contribution in [0, 0.1) is 0 Å². The average Bonchev–Trinajstić information content (AvgIpc) is 3.56. The predicted octanol–water partition coefficient (Wildman–Crippen LogP) is 5.03. The van der Waals surface area contributed by atoms with Gasteiger partial charge in [-0.25, -0.2) is 0 Å². The number of nitrogens with zero attached hydrogens (tertiary/aromatic N) is 2. The van der Waals surface area contributed by atoms with E-state index in [2.05, 4.69) is 67.3 Å². The van der Waals surface area contributed by atoms with E-state index in [-0.39, 0.29) is 11.0 Å². The van der Waals surface area contributed by atoms with Crippen LogP contribution in [0.2, 0.25) is 0 Å². The highest BCUT2D eigenvalue weighted by atomic mass is 32.1. The number of hydrogen-bond donors (Lipinski definition) is 1. The molecule has 1 atom stereocenters. The Bertz CT molecular complexity index is 1420. The second-order valence-electron chi connectivity index (χ2n) is 9.07. The Hall–Kier alpha value is -2.27. The van der Waals surface area contributed by atoms with Crippen LogP contribution < -0.4 is 16.3 Å². The van der Waals surface area contributed by atoms with Crippen molar-refractivity contribution in [1.29, 1.82) is 0 Å². The minimum Gasteiger partial charge on any atom is -0.328 e. The Kier molecular flexibility index (Phi) is 6.26.